The molecule has 3 aliphatic heterocycles. The van der Waals surface area contributed by atoms with Gasteiger partial charge in [-0.3, -0.25) is 0 Å². The van der Waals surface area contributed by atoms with Crippen LogP contribution in [0.5, 0.6) is 0 Å². The molecule has 2 nitrogen and oxygen atoms in total. The zero-order valence-electron chi connectivity index (χ0n) is 14.0. The van der Waals surface area contributed by atoms with Crippen molar-refractivity contribution >= 4 is 0 Å². The van der Waals surface area contributed by atoms with Gasteiger partial charge in [-0.2, -0.15) is 0 Å². The molecule has 3 saturated heterocycles. The van der Waals surface area contributed by atoms with Gasteiger partial charge in [-0.1, -0.05) is 31.2 Å². The van der Waals surface area contributed by atoms with Crippen LogP contribution in [0.1, 0.15) is 31.7 Å². The summed E-state index contributed by atoms with van der Waals surface area (Å²) in [5.41, 5.74) is 1.92. The number of fused-ring (bicyclic) bond motifs is 3. The number of hydrogen-bond donors (Lipinski definition) is 0. The third kappa shape index (κ3) is 2.66. The van der Waals surface area contributed by atoms with Crippen molar-refractivity contribution in [3.05, 3.63) is 59.4 Å². The fraction of sp³-hybridized carbons (Fsp3) is 0.400. The summed E-state index contributed by atoms with van der Waals surface area (Å²) < 4.78 is 52.1. The second kappa shape index (κ2) is 5.85. The number of halogens is 3. The van der Waals surface area contributed by atoms with Gasteiger partial charge >= 0.3 is 0 Å². The minimum atomic E-state index is -1.45. The molecular formula is C20H19F3O2. The minimum Gasteiger partial charge on any atom is -0.345 e. The Hall–Kier alpha value is -1.85. The third-order valence-corrected chi connectivity index (χ3v) is 5.60. The molecule has 2 aromatic rings. The molecule has 2 bridgehead atoms. The first-order valence-electron chi connectivity index (χ1n) is 8.50. The van der Waals surface area contributed by atoms with E-state index in [4.69, 9.17) is 9.47 Å². The van der Waals surface area contributed by atoms with Crippen LogP contribution in [0.3, 0.4) is 0 Å². The van der Waals surface area contributed by atoms with Crippen LogP contribution in [-0.4, -0.2) is 13.2 Å². The van der Waals surface area contributed by atoms with Crippen molar-refractivity contribution in [2.75, 3.05) is 13.2 Å². The normalized spacial score (nSPS) is 28.3. The van der Waals surface area contributed by atoms with Crippen molar-refractivity contribution in [1.82, 2.24) is 0 Å². The van der Waals surface area contributed by atoms with E-state index in [9.17, 15) is 13.2 Å². The van der Waals surface area contributed by atoms with Gasteiger partial charge in [-0.15, -0.1) is 0 Å². The van der Waals surface area contributed by atoms with E-state index in [2.05, 4.69) is 6.92 Å². The second-order valence-corrected chi connectivity index (χ2v) is 7.02. The van der Waals surface area contributed by atoms with Gasteiger partial charge in [0.15, 0.2) is 23.2 Å². The highest BCUT2D eigenvalue weighted by atomic mass is 19.2. The summed E-state index contributed by atoms with van der Waals surface area (Å²) in [6.07, 6.45) is 2.88. The summed E-state index contributed by atoms with van der Waals surface area (Å²) in [7, 11) is 0. The number of hydrogen-bond acceptors (Lipinski definition) is 2. The van der Waals surface area contributed by atoms with Crippen LogP contribution in [0.25, 0.3) is 11.1 Å². The highest BCUT2D eigenvalue weighted by Gasteiger charge is 2.51. The van der Waals surface area contributed by atoms with E-state index in [-0.39, 0.29) is 5.41 Å². The molecule has 0 N–H and O–H groups in total. The van der Waals surface area contributed by atoms with Crippen molar-refractivity contribution in [3.8, 4) is 11.1 Å². The summed E-state index contributed by atoms with van der Waals surface area (Å²) in [6, 6.07) is 9.18. The molecule has 2 aromatic carbocycles. The van der Waals surface area contributed by atoms with E-state index in [1.165, 1.54) is 0 Å². The van der Waals surface area contributed by atoms with Crippen LogP contribution in [0.2, 0.25) is 0 Å². The smallest absolute Gasteiger partial charge is 0.194 e. The molecule has 132 valence electrons. The molecule has 0 atom stereocenters. The van der Waals surface area contributed by atoms with Crippen LogP contribution < -0.4 is 0 Å². The van der Waals surface area contributed by atoms with E-state index in [1.54, 1.807) is 12.1 Å². The van der Waals surface area contributed by atoms with Gasteiger partial charge < -0.3 is 9.47 Å². The molecule has 5 heteroatoms. The molecule has 0 unspecified atom stereocenters. The average Bonchev–Trinajstić information content (AvgIpc) is 2.67. The molecule has 0 radical (unpaired) electrons. The average molecular weight is 348 g/mol. The lowest BCUT2D eigenvalue weighted by molar-refractivity contribution is -0.350. The minimum absolute atomic E-state index is 0.130. The van der Waals surface area contributed by atoms with Crippen LogP contribution in [0.4, 0.5) is 13.2 Å². The number of rotatable bonds is 3. The summed E-state index contributed by atoms with van der Waals surface area (Å²) >= 11 is 0. The Bertz CT molecular complexity index is 754. The van der Waals surface area contributed by atoms with E-state index in [1.807, 2.05) is 12.1 Å². The Balaban J connectivity index is 1.61. The molecule has 0 aromatic heterocycles. The molecule has 0 spiro atoms. The summed E-state index contributed by atoms with van der Waals surface area (Å²) in [5, 5.41) is 0. The summed E-state index contributed by atoms with van der Waals surface area (Å²) in [5.74, 6) is -4.57. The van der Waals surface area contributed by atoms with Crippen molar-refractivity contribution in [3.63, 3.8) is 0 Å². The molecule has 0 saturated carbocycles. The van der Waals surface area contributed by atoms with Crippen LogP contribution in [0.15, 0.2) is 36.4 Å². The molecule has 3 heterocycles. The van der Waals surface area contributed by atoms with Gasteiger partial charge in [-0.25, -0.2) is 13.2 Å². The topological polar surface area (TPSA) is 18.5 Å². The largest absolute Gasteiger partial charge is 0.345 e. The first-order valence-corrected chi connectivity index (χ1v) is 8.50. The Morgan fingerprint density at radius 1 is 0.880 bits per heavy atom. The Morgan fingerprint density at radius 3 is 1.96 bits per heavy atom. The third-order valence-electron chi connectivity index (χ3n) is 5.60. The van der Waals surface area contributed by atoms with Gasteiger partial charge in [0.25, 0.3) is 0 Å². The highest BCUT2D eigenvalue weighted by Crippen LogP contribution is 2.50. The SMILES string of the molecule is CCC12CCC(c3ccc(-c4cc(F)c(F)c(F)c4)cc3)(OC1)OC2. The molecule has 0 amide bonds. The molecule has 0 aliphatic carbocycles. The predicted molar refractivity (Wildman–Crippen MR) is 87.3 cm³/mol. The molecule has 5 rings (SSSR count). The lowest BCUT2D eigenvalue weighted by atomic mass is 9.75. The van der Waals surface area contributed by atoms with E-state index < -0.39 is 23.2 Å². The summed E-state index contributed by atoms with van der Waals surface area (Å²) in [6.45, 7) is 3.51. The predicted octanol–water partition coefficient (Wildman–Crippen LogP) is 5.16. The molecule has 25 heavy (non-hydrogen) atoms. The fourth-order valence-corrected chi connectivity index (χ4v) is 3.67. The van der Waals surface area contributed by atoms with Gasteiger partial charge in [0, 0.05) is 17.4 Å². The molecular weight excluding hydrogens is 329 g/mol. The van der Waals surface area contributed by atoms with Gasteiger partial charge in [0.05, 0.1) is 13.2 Å². The molecule has 3 aliphatic rings. The summed E-state index contributed by atoms with van der Waals surface area (Å²) in [4.78, 5) is 0. The van der Waals surface area contributed by atoms with E-state index in [0.29, 0.717) is 24.3 Å². The van der Waals surface area contributed by atoms with Crippen molar-refractivity contribution in [1.29, 1.82) is 0 Å². The standard InChI is InChI=1S/C20H19F3O2/c1-2-19-7-8-20(24-11-19,25-12-19)15-5-3-13(4-6-15)14-9-16(21)18(23)17(22)10-14/h3-6,9-10H,2,7-8,11-12H2,1H3. The van der Waals surface area contributed by atoms with Gasteiger partial charge in [0.2, 0.25) is 0 Å². The van der Waals surface area contributed by atoms with Crippen LogP contribution in [-0.2, 0) is 15.3 Å². The maximum Gasteiger partial charge on any atom is 0.194 e. The zero-order chi connectivity index (χ0) is 17.7. The monoisotopic (exact) mass is 348 g/mol. The zero-order valence-corrected chi connectivity index (χ0v) is 14.0. The first kappa shape index (κ1) is 16.6. The van der Waals surface area contributed by atoms with Crippen molar-refractivity contribution in [2.45, 2.75) is 32.0 Å². The second-order valence-electron chi connectivity index (χ2n) is 7.02. The van der Waals surface area contributed by atoms with Gasteiger partial charge in [-0.05, 0) is 36.1 Å². The van der Waals surface area contributed by atoms with Gasteiger partial charge in [0.1, 0.15) is 0 Å². The molecule has 3 fully saturated rings. The number of benzene rings is 2. The highest BCUT2D eigenvalue weighted by molar-refractivity contribution is 5.64. The maximum atomic E-state index is 13.4. The lowest BCUT2D eigenvalue weighted by Gasteiger charge is -2.52. The first-order chi connectivity index (χ1) is 12.0. The number of ether oxygens (including phenoxy) is 2. The lowest BCUT2D eigenvalue weighted by Crippen LogP contribution is -2.53. The van der Waals surface area contributed by atoms with Crippen LogP contribution >= 0.6 is 0 Å². The Labute approximate surface area is 144 Å². The quantitative estimate of drug-likeness (QED) is 0.713. The Kier molecular flexibility index (Phi) is 3.89. The van der Waals surface area contributed by atoms with E-state index >= 15 is 0 Å². The van der Waals surface area contributed by atoms with Crippen LogP contribution in [0, 0.1) is 22.9 Å². The van der Waals surface area contributed by atoms with E-state index in [0.717, 1.165) is 37.0 Å². The maximum absolute atomic E-state index is 13.4. The Morgan fingerprint density at radius 2 is 1.48 bits per heavy atom. The van der Waals surface area contributed by atoms with Crippen molar-refractivity contribution in [2.24, 2.45) is 5.41 Å². The van der Waals surface area contributed by atoms with Crippen molar-refractivity contribution < 1.29 is 22.6 Å². The fourth-order valence-electron chi connectivity index (χ4n) is 3.67.